The number of rotatable bonds is 4. The molecular formula is C20H23NO. The molecule has 1 aliphatic carbocycles. The van der Waals surface area contributed by atoms with Crippen LogP contribution in [0.1, 0.15) is 20.8 Å². The summed E-state index contributed by atoms with van der Waals surface area (Å²) in [6.07, 6.45) is 13.1. The molecule has 22 heavy (non-hydrogen) atoms. The zero-order valence-electron chi connectivity index (χ0n) is 13.6. The van der Waals surface area contributed by atoms with E-state index in [1.165, 1.54) is 0 Å². The molecule has 1 N–H and O–H groups in total. The minimum absolute atomic E-state index is 0.491. The highest BCUT2D eigenvalue weighted by molar-refractivity contribution is 6.20. The quantitative estimate of drug-likeness (QED) is 0.417. The average Bonchev–Trinajstić information content (AvgIpc) is 2.55. The summed E-state index contributed by atoms with van der Waals surface area (Å²) in [5.74, 6) is 0. The van der Waals surface area contributed by atoms with E-state index in [1.807, 2.05) is 45.1 Å². The summed E-state index contributed by atoms with van der Waals surface area (Å²) >= 11 is 0. The second kappa shape index (κ2) is 7.99. The molecule has 1 aliphatic rings. The molecule has 0 saturated heterocycles. The summed E-state index contributed by atoms with van der Waals surface area (Å²) in [5, 5.41) is 13.1. The first kappa shape index (κ1) is 17.4. The maximum Gasteiger partial charge on any atom is 0.118 e. The van der Waals surface area contributed by atoms with E-state index >= 15 is 0 Å². The molecule has 0 aromatic rings. The van der Waals surface area contributed by atoms with Gasteiger partial charge in [-0.3, -0.25) is 0 Å². The van der Waals surface area contributed by atoms with Gasteiger partial charge in [0.1, 0.15) is 5.71 Å². The van der Waals surface area contributed by atoms with Crippen molar-refractivity contribution in [1.82, 2.24) is 0 Å². The van der Waals surface area contributed by atoms with Crippen LogP contribution in [0.4, 0.5) is 0 Å². The van der Waals surface area contributed by atoms with Crippen LogP contribution in [0.5, 0.6) is 0 Å². The smallest absolute Gasteiger partial charge is 0.118 e. The standard InChI is InChI=1S/C20H23NO/c1-7-13-18-15(10-4)16(11-5)19(14(8-2)9-3)17(12-6)20(18)21-22/h7-13,22H,1-2,6H2,3-5H3/b14-9-,15-10-,16-11-,18-13+,21-20+. The Balaban J connectivity index is 3.99. The predicted octanol–water partition coefficient (Wildman–Crippen LogP) is 5.45. The summed E-state index contributed by atoms with van der Waals surface area (Å²) in [6.45, 7) is 17.4. The fourth-order valence-electron chi connectivity index (χ4n) is 2.70. The Morgan fingerprint density at radius 2 is 1.64 bits per heavy atom. The van der Waals surface area contributed by atoms with E-state index in [-0.39, 0.29) is 0 Å². The van der Waals surface area contributed by atoms with Crippen molar-refractivity contribution in [3.05, 3.63) is 95.7 Å². The fraction of sp³-hybridized carbons (Fsp3) is 0.150. The molecule has 114 valence electrons. The lowest BCUT2D eigenvalue weighted by Crippen LogP contribution is -2.19. The van der Waals surface area contributed by atoms with Crippen molar-refractivity contribution in [2.75, 3.05) is 0 Å². The van der Waals surface area contributed by atoms with Gasteiger partial charge < -0.3 is 5.21 Å². The monoisotopic (exact) mass is 293 g/mol. The van der Waals surface area contributed by atoms with Crippen LogP contribution >= 0.6 is 0 Å². The third-order valence-corrected chi connectivity index (χ3v) is 3.61. The summed E-state index contributed by atoms with van der Waals surface area (Å²) in [5.41, 5.74) is 6.10. The lowest BCUT2D eigenvalue weighted by Gasteiger charge is -2.28. The molecule has 0 saturated carbocycles. The van der Waals surface area contributed by atoms with Crippen molar-refractivity contribution < 1.29 is 5.21 Å². The zero-order valence-corrected chi connectivity index (χ0v) is 13.6. The van der Waals surface area contributed by atoms with E-state index in [1.54, 1.807) is 18.2 Å². The summed E-state index contributed by atoms with van der Waals surface area (Å²) < 4.78 is 0. The Hall–Kier alpha value is -2.61. The van der Waals surface area contributed by atoms with Crippen molar-refractivity contribution in [2.24, 2.45) is 5.16 Å². The van der Waals surface area contributed by atoms with E-state index < -0.39 is 0 Å². The average molecular weight is 293 g/mol. The molecule has 0 aromatic heterocycles. The van der Waals surface area contributed by atoms with Gasteiger partial charge in [0.25, 0.3) is 0 Å². The SMILES string of the molecule is C=C/C=C1\C(=C/C)\C(=C\C)C(/C(C=C)=C\C)=C(C=C)\C1=N/O. The van der Waals surface area contributed by atoms with Crippen molar-refractivity contribution in [3.8, 4) is 0 Å². The molecule has 0 amide bonds. The Bertz CT molecular complexity index is 676. The van der Waals surface area contributed by atoms with Gasteiger partial charge in [0.05, 0.1) is 0 Å². The lowest BCUT2D eigenvalue weighted by molar-refractivity contribution is 0.319. The number of allylic oxidation sites excluding steroid dienone is 13. The van der Waals surface area contributed by atoms with Crippen LogP contribution in [0, 0.1) is 0 Å². The highest BCUT2D eigenvalue weighted by Gasteiger charge is 2.29. The van der Waals surface area contributed by atoms with E-state index in [0.717, 1.165) is 33.4 Å². The Morgan fingerprint density at radius 3 is 2.00 bits per heavy atom. The summed E-state index contributed by atoms with van der Waals surface area (Å²) in [6, 6.07) is 0. The zero-order chi connectivity index (χ0) is 16.7. The first-order valence-electron chi connectivity index (χ1n) is 7.20. The van der Waals surface area contributed by atoms with Crippen molar-refractivity contribution >= 4 is 5.71 Å². The van der Waals surface area contributed by atoms with Crippen molar-refractivity contribution in [3.63, 3.8) is 0 Å². The normalized spacial score (nSPS) is 23.5. The Kier molecular flexibility index (Phi) is 6.33. The second-order valence-corrected chi connectivity index (χ2v) is 4.61. The fourth-order valence-corrected chi connectivity index (χ4v) is 2.70. The van der Waals surface area contributed by atoms with Gasteiger partial charge in [0, 0.05) is 11.1 Å². The molecule has 0 heterocycles. The molecule has 0 aliphatic heterocycles. The molecular weight excluding hydrogens is 270 g/mol. The number of oxime groups is 1. The van der Waals surface area contributed by atoms with E-state index in [0.29, 0.717) is 5.71 Å². The third kappa shape index (κ3) is 2.86. The molecule has 0 bridgehead atoms. The minimum Gasteiger partial charge on any atom is -0.410 e. The molecule has 0 fully saturated rings. The second-order valence-electron chi connectivity index (χ2n) is 4.61. The van der Waals surface area contributed by atoms with Crippen LogP contribution in [0.15, 0.2) is 101 Å². The number of hydrogen-bond donors (Lipinski definition) is 1. The molecule has 0 atom stereocenters. The van der Waals surface area contributed by atoms with Crippen molar-refractivity contribution in [1.29, 1.82) is 0 Å². The molecule has 0 aromatic carbocycles. The third-order valence-electron chi connectivity index (χ3n) is 3.61. The van der Waals surface area contributed by atoms with Crippen LogP contribution in [-0.4, -0.2) is 10.9 Å². The van der Waals surface area contributed by atoms with E-state index in [2.05, 4.69) is 24.9 Å². The summed E-state index contributed by atoms with van der Waals surface area (Å²) in [4.78, 5) is 0. The van der Waals surface area contributed by atoms with Gasteiger partial charge in [-0.2, -0.15) is 0 Å². The first-order valence-corrected chi connectivity index (χ1v) is 7.20. The highest BCUT2D eigenvalue weighted by atomic mass is 16.4. The minimum atomic E-state index is 0.491. The van der Waals surface area contributed by atoms with Crippen LogP contribution in [0.2, 0.25) is 0 Å². The topological polar surface area (TPSA) is 32.6 Å². The first-order chi connectivity index (χ1) is 10.6. The predicted molar refractivity (Wildman–Crippen MR) is 96.2 cm³/mol. The van der Waals surface area contributed by atoms with Gasteiger partial charge in [-0.25, -0.2) is 0 Å². The Morgan fingerprint density at radius 1 is 1.00 bits per heavy atom. The van der Waals surface area contributed by atoms with E-state index in [9.17, 15) is 5.21 Å². The highest BCUT2D eigenvalue weighted by Crippen LogP contribution is 2.40. The van der Waals surface area contributed by atoms with E-state index in [4.69, 9.17) is 0 Å². The van der Waals surface area contributed by atoms with Gasteiger partial charge in [-0.1, -0.05) is 67.4 Å². The lowest BCUT2D eigenvalue weighted by atomic mass is 9.75. The largest absolute Gasteiger partial charge is 0.410 e. The Labute approximate surface area is 133 Å². The number of hydrogen-bond acceptors (Lipinski definition) is 2. The molecule has 2 nitrogen and oxygen atoms in total. The molecule has 0 spiro atoms. The van der Waals surface area contributed by atoms with Gasteiger partial charge in [-0.05, 0) is 43.1 Å². The van der Waals surface area contributed by atoms with Crippen LogP contribution in [0.25, 0.3) is 0 Å². The molecule has 1 rings (SSSR count). The van der Waals surface area contributed by atoms with Gasteiger partial charge in [-0.15, -0.1) is 0 Å². The summed E-state index contributed by atoms with van der Waals surface area (Å²) in [7, 11) is 0. The van der Waals surface area contributed by atoms with Crippen molar-refractivity contribution in [2.45, 2.75) is 20.8 Å². The molecule has 0 radical (unpaired) electrons. The van der Waals surface area contributed by atoms with Gasteiger partial charge >= 0.3 is 0 Å². The maximum absolute atomic E-state index is 9.55. The number of nitrogens with zero attached hydrogens (tertiary/aromatic N) is 1. The van der Waals surface area contributed by atoms with Crippen LogP contribution in [-0.2, 0) is 0 Å². The van der Waals surface area contributed by atoms with Gasteiger partial charge in [0.2, 0.25) is 0 Å². The maximum atomic E-state index is 9.55. The molecule has 2 heteroatoms. The van der Waals surface area contributed by atoms with Gasteiger partial charge in [0.15, 0.2) is 0 Å². The van der Waals surface area contributed by atoms with Crippen LogP contribution in [0.3, 0.4) is 0 Å². The van der Waals surface area contributed by atoms with Crippen LogP contribution < -0.4 is 0 Å². The molecule has 0 unspecified atom stereocenters.